The topological polar surface area (TPSA) is 58.6 Å². The van der Waals surface area contributed by atoms with Crippen molar-refractivity contribution in [3.05, 3.63) is 94.6 Å². The van der Waals surface area contributed by atoms with Crippen LogP contribution in [0.3, 0.4) is 0 Å². The predicted molar refractivity (Wildman–Crippen MR) is 114 cm³/mol. The molecule has 5 nitrogen and oxygen atoms in total. The third-order valence-electron chi connectivity index (χ3n) is 4.74. The molecule has 156 valence electrons. The number of nitrogens with zero attached hydrogens (tertiary/aromatic N) is 1. The van der Waals surface area contributed by atoms with Crippen molar-refractivity contribution in [1.82, 2.24) is 0 Å². The highest BCUT2D eigenvalue weighted by molar-refractivity contribution is 6.46. The van der Waals surface area contributed by atoms with E-state index in [-0.39, 0.29) is 17.0 Å². The zero-order valence-electron chi connectivity index (χ0n) is 16.2. The van der Waals surface area contributed by atoms with E-state index in [0.29, 0.717) is 22.0 Å². The van der Waals surface area contributed by atoms with E-state index in [1.807, 2.05) is 0 Å². The minimum atomic E-state index is -1.08. The summed E-state index contributed by atoms with van der Waals surface area (Å²) in [5.74, 6) is -2.74. The van der Waals surface area contributed by atoms with E-state index in [1.165, 1.54) is 13.2 Å². The van der Waals surface area contributed by atoms with Crippen LogP contribution in [0.1, 0.15) is 5.56 Å². The highest BCUT2D eigenvalue weighted by Crippen LogP contribution is 2.34. The molecular formula is C23H15ClF2N2O3. The van der Waals surface area contributed by atoms with Gasteiger partial charge in [-0.1, -0.05) is 23.7 Å². The first-order valence-electron chi connectivity index (χ1n) is 9.14. The Morgan fingerprint density at radius 3 is 2.16 bits per heavy atom. The lowest BCUT2D eigenvalue weighted by Crippen LogP contribution is -2.32. The summed E-state index contributed by atoms with van der Waals surface area (Å²) in [6, 6.07) is 15.9. The Balaban J connectivity index is 1.80. The van der Waals surface area contributed by atoms with Crippen molar-refractivity contribution in [1.29, 1.82) is 0 Å². The number of anilines is 2. The van der Waals surface area contributed by atoms with Crippen LogP contribution in [0.5, 0.6) is 5.75 Å². The van der Waals surface area contributed by atoms with Crippen LogP contribution in [-0.2, 0) is 9.59 Å². The Morgan fingerprint density at radius 1 is 0.871 bits per heavy atom. The predicted octanol–water partition coefficient (Wildman–Crippen LogP) is 5.02. The number of methoxy groups -OCH3 is 1. The highest BCUT2D eigenvalue weighted by Gasteiger charge is 2.40. The fraction of sp³-hybridized carbons (Fsp3) is 0.0435. The fourth-order valence-corrected chi connectivity index (χ4v) is 3.34. The first-order chi connectivity index (χ1) is 14.9. The number of carbonyl (C=O) groups is 2. The molecule has 0 radical (unpaired) electrons. The first-order valence-corrected chi connectivity index (χ1v) is 9.52. The Morgan fingerprint density at radius 2 is 1.55 bits per heavy atom. The van der Waals surface area contributed by atoms with Crippen molar-refractivity contribution in [3.63, 3.8) is 0 Å². The van der Waals surface area contributed by atoms with Crippen molar-refractivity contribution in [2.24, 2.45) is 0 Å². The van der Waals surface area contributed by atoms with E-state index in [1.54, 1.807) is 48.5 Å². The number of hydrogen-bond donors (Lipinski definition) is 1. The number of halogens is 3. The van der Waals surface area contributed by atoms with Crippen molar-refractivity contribution < 1.29 is 23.1 Å². The van der Waals surface area contributed by atoms with Crippen LogP contribution in [0.2, 0.25) is 5.02 Å². The molecule has 0 saturated heterocycles. The van der Waals surface area contributed by atoms with E-state index in [9.17, 15) is 18.4 Å². The molecule has 0 bridgehead atoms. The van der Waals surface area contributed by atoms with Crippen LogP contribution in [0.4, 0.5) is 20.2 Å². The minimum absolute atomic E-state index is 0.0610. The maximum absolute atomic E-state index is 13.7. The third kappa shape index (κ3) is 3.87. The molecule has 3 aromatic rings. The smallest absolute Gasteiger partial charge is 0.282 e. The van der Waals surface area contributed by atoms with E-state index in [2.05, 4.69) is 5.32 Å². The standard InChI is InChI=1S/C23H15ClF2N2O3/c1-31-17-9-7-16(8-10-17)28-22(29)20(13-2-4-14(24)5-3-13)21(23(28)30)27-15-6-11-18(25)19(26)12-15/h2-12,27H,1H3. The monoisotopic (exact) mass is 440 g/mol. The minimum Gasteiger partial charge on any atom is -0.497 e. The number of amides is 2. The van der Waals surface area contributed by atoms with E-state index >= 15 is 0 Å². The molecule has 1 heterocycles. The average Bonchev–Trinajstić information content (AvgIpc) is 3.01. The molecule has 2 amide bonds. The summed E-state index contributed by atoms with van der Waals surface area (Å²) in [6.45, 7) is 0. The third-order valence-corrected chi connectivity index (χ3v) is 4.99. The van der Waals surface area contributed by atoms with Gasteiger partial charge in [-0.3, -0.25) is 9.59 Å². The Hall–Kier alpha value is -3.71. The van der Waals surface area contributed by atoms with Gasteiger partial charge < -0.3 is 10.1 Å². The van der Waals surface area contributed by atoms with Crippen LogP contribution in [0, 0.1) is 11.6 Å². The average molecular weight is 441 g/mol. The van der Waals surface area contributed by atoms with Crippen molar-refractivity contribution in [3.8, 4) is 5.75 Å². The van der Waals surface area contributed by atoms with Crippen LogP contribution < -0.4 is 15.0 Å². The maximum Gasteiger partial charge on any atom is 0.282 e. The first kappa shape index (κ1) is 20.6. The molecule has 4 rings (SSSR count). The van der Waals surface area contributed by atoms with E-state index in [4.69, 9.17) is 16.3 Å². The van der Waals surface area contributed by atoms with Gasteiger partial charge in [0.25, 0.3) is 11.8 Å². The number of hydrogen-bond acceptors (Lipinski definition) is 4. The number of ether oxygens (including phenoxy) is 1. The summed E-state index contributed by atoms with van der Waals surface area (Å²) in [5.41, 5.74) is 0.933. The summed E-state index contributed by atoms with van der Waals surface area (Å²) in [7, 11) is 1.51. The van der Waals surface area contributed by atoms with Gasteiger partial charge in [-0.05, 0) is 54.1 Å². The van der Waals surface area contributed by atoms with Crippen molar-refractivity contribution in [2.45, 2.75) is 0 Å². The molecule has 3 aromatic carbocycles. The fourth-order valence-electron chi connectivity index (χ4n) is 3.21. The number of benzene rings is 3. The molecule has 0 atom stereocenters. The number of rotatable bonds is 5. The van der Waals surface area contributed by atoms with Gasteiger partial charge in [0.05, 0.1) is 18.4 Å². The van der Waals surface area contributed by atoms with Gasteiger partial charge in [0.15, 0.2) is 11.6 Å². The van der Waals surface area contributed by atoms with E-state index in [0.717, 1.165) is 17.0 Å². The number of carbonyl (C=O) groups excluding carboxylic acids is 2. The molecule has 0 unspecified atom stereocenters. The molecule has 1 N–H and O–H groups in total. The Bertz CT molecular complexity index is 1210. The zero-order valence-corrected chi connectivity index (χ0v) is 16.9. The molecule has 0 aromatic heterocycles. The normalized spacial score (nSPS) is 13.7. The molecule has 1 aliphatic heterocycles. The van der Waals surface area contributed by atoms with Gasteiger partial charge in [0.1, 0.15) is 11.4 Å². The quantitative estimate of drug-likeness (QED) is 0.566. The molecule has 1 aliphatic rings. The summed E-state index contributed by atoms with van der Waals surface area (Å²) in [6.07, 6.45) is 0. The summed E-state index contributed by atoms with van der Waals surface area (Å²) in [4.78, 5) is 27.5. The van der Waals surface area contributed by atoms with Crippen molar-refractivity contribution >= 4 is 40.4 Å². The molecule has 0 spiro atoms. The van der Waals surface area contributed by atoms with Gasteiger partial charge >= 0.3 is 0 Å². The number of nitrogens with one attached hydrogen (secondary N) is 1. The van der Waals surface area contributed by atoms with E-state index < -0.39 is 23.4 Å². The second kappa shape index (κ2) is 8.20. The second-order valence-electron chi connectivity index (χ2n) is 6.65. The van der Waals surface area contributed by atoms with Crippen LogP contribution in [0.25, 0.3) is 5.57 Å². The highest BCUT2D eigenvalue weighted by atomic mass is 35.5. The molecule has 0 aliphatic carbocycles. The lowest BCUT2D eigenvalue weighted by atomic mass is 10.0. The Kier molecular flexibility index (Phi) is 5.44. The summed E-state index contributed by atoms with van der Waals surface area (Å²) >= 11 is 5.95. The number of imide groups is 1. The van der Waals surface area contributed by atoms with Gasteiger partial charge in [-0.25, -0.2) is 13.7 Å². The molecular weight excluding hydrogens is 426 g/mol. The van der Waals surface area contributed by atoms with Crippen molar-refractivity contribution in [2.75, 3.05) is 17.3 Å². The molecule has 0 saturated carbocycles. The largest absolute Gasteiger partial charge is 0.497 e. The van der Waals surface area contributed by atoms with Gasteiger partial charge in [-0.15, -0.1) is 0 Å². The van der Waals surface area contributed by atoms with Gasteiger partial charge in [-0.2, -0.15) is 0 Å². The summed E-state index contributed by atoms with van der Waals surface area (Å²) in [5, 5.41) is 3.24. The zero-order chi connectivity index (χ0) is 22.1. The second-order valence-corrected chi connectivity index (χ2v) is 7.09. The van der Waals surface area contributed by atoms with Crippen LogP contribution in [0.15, 0.2) is 72.4 Å². The van der Waals surface area contributed by atoms with Crippen LogP contribution >= 0.6 is 11.6 Å². The van der Waals surface area contributed by atoms with Gasteiger partial charge in [0, 0.05) is 16.8 Å². The lowest BCUT2D eigenvalue weighted by Gasteiger charge is -2.16. The SMILES string of the molecule is COc1ccc(N2C(=O)C(Nc3ccc(F)c(F)c3)=C(c3ccc(Cl)cc3)C2=O)cc1. The van der Waals surface area contributed by atoms with Gasteiger partial charge in [0.2, 0.25) is 0 Å². The molecule has 8 heteroatoms. The maximum atomic E-state index is 13.7. The lowest BCUT2D eigenvalue weighted by molar-refractivity contribution is -0.120. The Labute approximate surface area is 181 Å². The summed E-state index contributed by atoms with van der Waals surface area (Å²) < 4.78 is 32.1. The molecule has 31 heavy (non-hydrogen) atoms. The van der Waals surface area contributed by atoms with Crippen LogP contribution in [-0.4, -0.2) is 18.9 Å². The molecule has 0 fully saturated rings.